The van der Waals surface area contributed by atoms with Crippen LogP contribution in [-0.2, 0) is 6.42 Å². The van der Waals surface area contributed by atoms with Gasteiger partial charge in [0.2, 0.25) is 0 Å². The first-order chi connectivity index (χ1) is 8.63. The molecule has 96 valence electrons. The van der Waals surface area contributed by atoms with Crippen LogP contribution in [-0.4, -0.2) is 16.3 Å². The first-order valence-electron chi connectivity index (χ1n) is 5.90. The minimum absolute atomic E-state index is 0.0248. The maximum Gasteiger partial charge on any atom is 0.274 e. The summed E-state index contributed by atoms with van der Waals surface area (Å²) in [5, 5.41) is 3.68. The van der Waals surface area contributed by atoms with Crippen LogP contribution in [0.25, 0.3) is 5.69 Å². The molecular weight excluding hydrogens is 250 g/mol. The van der Waals surface area contributed by atoms with Crippen LogP contribution in [0.2, 0.25) is 5.02 Å². The fourth-order valence-electron chi connectivity index (χ4n) is 1.95. The summed E-state index contributed by atoms with van der Waals surface area (Å²) >= 11 is 5.93. The van der Waals surface area contributed by atoms with Gasteiger partial charge < -0.3 is 5.73 Å². The second-order valence-corrected chi connectivity index (χ2v) is 4.66. The molecule has 1 aromatic carbocycles. The van der Waals surface area contributed by atoms with Crippen molar-refractivity contribution in [2.75, 3.05) is 6.54 Å². The normalized spacial score (nSPS) is 10.8. The summed E-state index contributed by atoms with van der Waals surface area (Å²) in [6.07, 6.45) is 1.51. The standard InChI is InChI=1S/C13H16ClN3O/c1-9-12(6-3-7-15)13(18)17(16-9)11-5-2-4-10(14)8-11/h2,4-5,8,16H,3,6-7,15H2,1H3. The molecule has 0 aliphatic rings. The molecule has 4 nitrogen and oxygen atoms in total. The van der Waals surface area contributed by atoms with E-state index >= 15 is 0 Å². The number of rotatable bonds is 4. The number of hydrogen-bond donors (Lipinski definition) is 2. The SMILES string of the molecule is Cc1[nH]n(-c2cccc(Cl)c2)c(=O)c1CCCN. The molecule has 0 saturated carbocycles. The van der Waals surface area contributed by atoms with Gasteiger partial charge >= 0.3 is 0 Å². The van der Waals surface area contributed by atoms with Crippen LogP contribution in [0, 0.1) is 6.92 Å². The lowest BCUT2D eigenvalue weighted by molar-refractivity contribution is 0.816. The smallest absolute Gasteiger partial charge is 0.274 e. The predicted octanol–water partition coefficient (Wildman–Crippen LogP) is 2.02. The molecule has 0 aliphatic carbocycles. The van der Waals surface area contributed by atoms with Crippen molar-refractivity contribution in [2.24, 2.45) is 5.73 Å². The zero-order valence-electron chi connectivity index (χ0n) is 10.2. The van der Waals surface area contributed by atoms with Gasteiger partial charge in [0, 0.05) is 16.3 Å². The van der Waals surface area contributed by atoms with E-state index in [2.05, 4.69) is 5.10 Å². The lowest BCUT2D eigenvalue weighted by Gasteiger charge is -2.01. The Hall–Kier alpha value is -1.52. The van der Waals surface area contributed by atoms with Gasteiger partial charge in [-0.15, -0.1) is 0 Å². The van der Waals surface area contributed by atoms with Crippen LogP contribution in [0.5, 0.6) is 0 Å². The molecule has 5 heteroatoms. The lowest BCUT2D eigenvalue weighted by atomic mass is 10.1. The van der Waals surface area contributed by atoms with Crippen LogP contribution >= 0.6 is 11.6 Å². The Bertz CT molecular complexity index is 601. The molecule has 0 fully saturated rings. The number of benzene rings is 1. The zero-order valence-corrected chi connectivity index (χ0v) is 11.0. The van der Waals surface area contributed by atoms with Gasteiger partial charge in [0.05, 0.1) is 5.69 Å². The van der Waals surface area contributed by atoms with E-state index in [1.54, 1.807) is 12.1 Å². The number of nitrogens with one attached hydrogen (secondary N) is 1. The van der Waals surface area contributed by atoms with Gasteiger partial charge in [-0.2, -0.15) is 0 Å². The molecule has 2 rings (SSSR count). The summed E-state index contributed by atoms with van der Waals surface area (Å²) in [6, 6.07) is 7.20. The van der Waals surface area contributed by atoms with Crippen molar-refractivity contribution in [3.05, 3.63) is 50.9 Å². The van der Waals surface area contributed by atoms with E-state index in [0.717, 1.165) is 23.4 Å². The Morgan fingerprint density at radius 2 is 2.22 bits per heavy atom. The van der Waals surface area contributed by atoms with Gasteiger partial charge in [0.25, 0.3) is 5.56 Å². The van der Waals surface area contributed by atoms with Crippen LogP contribution in [0.4, 0.5) is 0 Å². The number of halogens is 1. The highest BCUT2D eigenvalue weighted by Gasteiger charge is 2.11. The van der Waals surface area contributed by atoms with E-state index in [1.807, 2.05) is 19.1 Å². The summed E-state index contributed by atoms with van der Waals surface area (Å²) < 4.78 is 1.52. The van der Waals surface area contributed by atoms with E-state index in [4.69, 9.17) is 17.3 Å². The number of aryl methyl sites for hydroxylation is 1. The monoisotopic (exact) mass is 265 g/mol. The first kappa shape index (κ1) is 12.9. The molecule has 0 atom stereocenters. The van der Waals surface area contributed by atoms with Crippen LogP contribution in [0.1, 0.15) is 17.7 Å². The second-order valence-electron chi connectivity index (χ2n) is 4.23. The molecule has 0 saturated heterocycles. The molecule has 2 aromatic rings. The van der Waals surface area contributed by atoms with Gasteiger partial charge in [0.1, 0.15) is 0 Å². The quantitative estimate of drug-likeness (QED) is 0.888. The molecule has 0 aliphatic heterocycles. The number of nitrogens with zero attached hydrogens (tertiary/aromatic N) is 1. The van der Waals surface area contributed by atoms with Crippen molar-refractivity contribution in [2.45, 2.75) is 19.8 Å². The topological polar surface area (TPSA) is 63.8 Å². The minimum atomic E-state index is -0.0248. The van der Waals surface area contributed by atoms with Gasteiger partial charge in [-0.05, 0) is 44.5 Å². The Balaban J connectivity index is 2.44. The largest absolute Gasteiger partial charge is 0.330 e. The van der Waals surface area contributed by atoms with Crippen molar-refractivity contribution >= 4 is 11.6 Å². The second kappa shape index (κ2) is 5.42. The van der Waals surface area contributed by atoms with Crippen molar-refractivity contribution < 1.29 is 0 Å². The Morgan fingerprint density at radius 3 is 2.89 bits per heavy atom. The molecule has 18 heavy (non-hydrogen) atoms. The highest BCUT2D eigenvalue weighted by atomic mass is 35.5. The van der Waals surface area contributed by atoms with Crippen LogP contribution in [0.3, 0.4) is 0 Å². The van der Waals surface area contributed by atoms with Gasteiger partial charge in [-0.3, -0.25) is 9.89 Å². The molecule has 3 N–H and O–H groups in total. The number of H-pyrrole nitrogens is 1. The third-order valence-electron chi connectivity index (χ3n) is 2.89. The molecule has 1 heterocycles. The molecule has 0 amide bonds. The highest BCUT2D eigenvalue weighted by molar-refractivity contribution is 6.30. The summed E-state index contributed by atoms with van der Waals surface area (Å²) in [4.78, 5) is 12.3. The number of aromatic amines is 1. The van der Waals surface area contributed by atoms with Crippen molar-refractivity contribution in [1.82, 2.24) is 9.78 Å². The Labute approximate surface area is 110 Å². The molecule has 1 aromatic heterocycles. The highest BCUT2D eigenvalue weighted by Crippen LogP contribution is 2.14. The van der Waals surface area contributed by atoms with Gasteiger partial charge in [0.15, 0.2) is 0 Å². The summed E-state index contributed by atoms with van der Waals surface area (Å²) in [6.45, 7) is 2.48. The first-order valence-corrected chi connectivity index (χ1v) is 6.28. The summed E-state index contributed by atoms with van der Waals surface area (Å²) in [7, 11) is 0. The van der Waals surface area contributed by atoms with Crippen molar-refractivity contribution in [1.29, 1.82) is 0 Å². The third-order valence-corrected chi connectivity index (χ3v) is 3.13. The number of hydrogen-bond acceptors (Lipinski definition) is 2. The number of nitrogens with two attached hydrogens (primary N) is 1. The van der Waals surface area contributed by atoms with E-state index in [1.165, 1.54) is 4.68 Å². The molecule has 0 bridgehead atoms. The van der Waals surface area contributed by atoms with Gasteiger partial charge in [-0.25, -0.2) is 4.68 Å². The van der Waals surface area contributed by atoms with Crippen molar-refractivity contribution in [3.8, 4) is 5.69 Å². The van der Waals surface area contributed by atoms with E-state index in [9.17, 15) is 4.79 Å². The Morgan fingerprint density at radius 1 is 1.44 bits per heavy atom. The summed E-state index contributed by atoms with van der Waals surface area (Å²) in [5.74, 6) is 0. The molecule has 0 spiro atoms. The van der Waals surface area contributed by atoms with E-state index in [-0.39, 0.29) is 5.56 Å². The van der Waals surface area contributed by atoms with Crippen LogP contribution in [0.15, 0.2) is 29.1 Å². The van der Waals surface area contributed by atoms with E-state index in [0.29, 0.717) is 18.0 Å². The van der Waals surface area contributed by atoms with E-state index < -0.39 is 0 Å². The van der Waals surface area contributed by atoms with Gasteiger partial charge in [-0.1, -0.05) is 17.7 Å². The molecule has 0 unspecified atom stereocenters. The lowest BCUT2D eigenvalue weighted by Crippen LogP contribution is -2.18. The van der Waals surface area contributed by atoms with Crippen molar-refractivity contribution in [3.63, 3.8) is 0 Å². The summed E-state index contributed by atoms with van der Waals surface area (Å²) in [5.41, 5.74) is 7.87. The molecular formula is C13H16ClN3O. The molecule has 0 radical (unpaired) electrons. The minimum Gasteiger partial charge on any atom is -0.330 e. The average Bonchev–Trinajstić information content (AvgIpc) is 2.63. The maximum atomic E-state index is 12.3. The average molecular weight is 266 g/mol. The zero-order chi connectivity index (χ0) is 13.1. The Kier molecular flexibility index (Phi) is 3.89. The fourth-order valence-corrected chi connectivity index (χ4v) is 2.14. The third kappa shape index (κ3) is 2.49. The fraction of sp³-hybridized carbons (Fsp3) is 0.308. The predicted molar refractivity (Wildman–Crippen MR) is 73.5 cm³/mol. The maximum absolute atomic E-state index is 12.3. The van der Waals surface area contributed by atoms with Crippen LogP contribution < -0.4 is 11.3 Å². The number of aromatic nitrogens is 2.